The molecular weight excluding hydrogens is 324 g/mol. The van der Waals surface area contributed by atoms with Crippen LogP contribution in [0.5, 0.6) is 0 Å². The quantitative estimate of drug-likeness (QED) is 0.712. The van der Waals surface area contributed by atoms with Gasteiger partial charge >= 0.3 is 0 Å². The fourth-order valence-electron chi connectivity index (χ4n) is 3.84. The lowest BCUT2D eigenvalue weighted by Crippen LogP contribution is -2.25. The monoisotopic (exact) mass is 350 g/mol. The molecule has 26 heavy (non-hydrogen) atoms. The minimum absolute atomic E-state index is 0.111. The lowest BCUT2D eigenvalue weighted by molar-refractivity contribution is -0.120. The molecule has 0 radical (unpaired) electrons. The average Bonchev–Trinajstić information content (AvgIpc) is 3.01. The first-order valence-electron chi connectivity index (χ1n) is 9.83. The van der Waals surface area contributed by atoms with E-state index in [1.807, 2.05) is 22.9 Å². The molecule has 1 aliphatic carbocycles. The molecule has 0 saturated heterocycles. The van der Waals surface area contributed by atoms with Crippen molar-refractivity contribution in [1.29, 1.82) is 0 Å². The Kier molecular flexibility index (Phi) is 4.87. The van der Waals surface area contributed by atoms with Crippen molar-refractivity contribution < 1.29 is 4.79 Å². The normalized spacial score (nSPS) is 15.6. The molecule has 1 aliphatic rings. The summed E-state index contributed by atoms with van der Waals surface area (Å²) < 4.78 is 1.95. The van der Waals surface area contributed by atoms with Gasteiger partial charge < -0.3 is 5.32 Å². The number of aromatic nitrogens is 3. The van der Waals surface area contributed by atoms with E-state index in [2.05, 4.69) is 24.4 Å². The standard InChI is InChI=1S/C21H26N4O/c1-2-3-13-25-20-17(14-16-11-7-8-12-18(16)22-20)19(24-25)23-21(26)15-9-5-4-6-10-15/h7-8,11-12,14-15H,2-6,9-10,13H2,1H3,(H,23,24,26). The first-order valence-corrected chi connectivity index (χ1v) is 9.83. The van der Waals surface area contributed by atoms with Crippen molar-refractivity contribution in [2.24, 2.45) is 5.92 Å². The lowest BCUT2D eigenvalue weighted by atomic mass is 9.89. The van der Waals surface area contributed by atoms with Crippen molar-refractivity contribution in [2.75, 3.05) is 5.32 Å². The van der Waals surface area contributed by atoms with E-state index < -0.39 is 0 Å². The van der Waals surface area contributed by atoms with Gasteiger partial charge in [0, 0.05) is 17.8 Å². The molecule has 0 unspecified atom stereocenters. The third-order valence-corrected chi connectivity index (χ3v) is 5.37. The Morgan fingerprint density at radius 1 is 1.23 bits per heavy atom. The molecule has 3 aromatic rings. The lowest BCUT2D eigenvalue weighted by Gasteiger charge is -2.20. The first-order chi connectivity index (χ1) is 12.8. The van der Waals surface area contributed by atoms with Gasteiger partial charge in [-0.25, -0.2) is 9.67 Å². The number of pyridine rings is 1. The zero-order chi connectivity index (χ0) is 17.9. The number of hydrogen-bond donors (Lipinski definition) is 1. The van der Waals surface area contributed by atoms with Gasteiger partial charge in [0.1, 0.15) is 0 Å². The summed E-state index contributed by atoms with van der Waals surface area (Å²) in [4.78, 5) is 17.5. The molecule has 2 aromatic heterocycles. The minimum atomic E-state index is 0.111. The Morgan fingerprint density at radius 3 is 2.85 bits per heavy atom. The van der Waals surface area contributed by atoms with Crippen LogP contribution < -0.4 is 5.32 Å². The highest BCUT2D eigenvalue weighted by atomic mass is 16.2. The molecule has 2 heterocycles. The topological polar surface area (TPSA) is 59.8 Å². The summed E-state index contributed by atoms with van der Waals surface area (Å²) >= 11 is 0. The van der Waals surface area contributed by atoms with Gasteiger partial charge in [0.05, 0.1) is 10.9 Å². The zero-order valence-electron chi connectivity index (χ0n) is 15.4. The van der Waals surface area contributed by atoms with E-state index in [-0.39, 0.29) is 11.8 Å². The first kappa shape index (κ1) is 17.0. The fourth-order valence-corrected chi connectivity index (χ4v) is 3.84. The molecule has 4 rings (SSSR count). The number of carbonyl (C=O) groups is 1. The second kappa shape index (κ2) is 7.44. The summed E-state index contributed by atoms with van der Waals surface area (Å²) in [7, 11) is 0. The van der Waals surface area contributed by atoms with Gasteiger partial charge in [-0.3, -0.25) is 4.79 Å². The number of amides is 1. The van der Waals surface area contributed by atoms with Gasteiger partial charge in [-0.05, 0) is 31.4 Å². The van der Waals surface area contributed by atoms with Gasteiger partial charge in [-0.15, -0.1) is 0 Å². The van der Waals surface area contributed by atoms with Crippen molar-refractivity contribution in [3.05, 3.63) is 30.3 Å². The van der Waals surface area contributed by atoms with E-state index in [4.69, 9.17) is 10.1 Å². The van der Waals surface area contributed by atoms with Crippen molar-refractivity contribution in [3.8, 4) is 0 Å². The maximum absolute atomic E-state index is 12.7. The molecule has 136 valence electrons. The van der Waals surface area contributed by atoms with Gasteiger partial charge in [0.15, 0.2) is 11.5 Å². The average molecular weight is 350 g/mol. The highest BCUT2D eigenvalue weighted by Crippen LogP contribution is 2.29. The molecule has 5 heteroatoms. The SMILES string of the molecule is CCCCn1nc(NC(=O)C2CCCCC2)c2cc3ccccc3nc21. The maximum atomic E-state index is 12.7. The summed E-state index contributed by atoms with van der Waals surface area (Å²) in [6, 6.07) is 10.2. The molecule has 5 nitrogen and oxygen atoms in total. The second-order valence-corrected chi connectivity index (χ2v) is 7.30. The third kappa shape index (κ3) is 3.30. The molecule has 1 N–H and O–H groups in total. The van der Waals surface area contributed by atoms with Crippen LogP contribution in [-0.4, -0.2) is 20.7 Å². The number of hydrogen-bond acceptors (Lipinski definition) is 3. The van der Waals surface area contributed by atoms with Crippen molar-refractivity contribution >= 4 is 33.7 Å². The van der Waals surface area contributed by atoms with E-state index in [1.165, 1.54) is 6.42 Å². The molecule has 1 fully saturated rings. The third-order valence-electron chi connectivity index (χ3n) is 5.37. The largest absolute Gasteiger partial charge is 0.308 e. The number of benzene rings is 1. The smallest absolute Gasteiger partial charge is 0.228 e. The molecule has 0 spiro atoms. The molecule has 1 aromatic carbocycles. The summed E-state index contributed by atoms with van der Waals surface area (Å²) in [6.45, 7) is 2.98. The Hall–Kier alpha value is -2.43. The van der Waals surface area contributed by atoms with Crippen LogP contribution in [0, 0.1) is 5.92 Å². The van der Waals surface area contributed by atoms with Crippen LogP contribution in [0.4, 0.5) is 5.82 Å². The summed E-state index contributed by atoms with van der Waals surface area (Å²) in [5.41, 5.74) is 1.82. The number of aryl methyl sites for hydroxylation is 1. The van der Waals surface area contributed by atoms with Crippen LogP contribution in [0.25, 0.3) is 21.9 Å². The van der Waals surface area contributed by atoms with Crippen molar-refractivity contribution in [3.63, 3.8) is 0 Å². The number of unbranched alkanes of at least 4 members (excludes halogenated alkanes) is 1. The van der Waals surface area contributed by atoms with E-state index in [0.29, 0.717) is 5.82 Å². The number of fused-ring (bicyclic) bond motifs is 2. The zero-order valence-corrected chi connectivity index (χ0v) is 15.4. The van der Waals surface area contributed by atoms with Gasteiger partial charge in [0.25, 0.3) is 0 Å². The van der Waals surface area contributed by atoms with E-state index in [1.54, 1.807) is 0 Å². The van der Waals surface area contributed by atoms with Crippen LogP contribution in [-0.2, 0) is 11.3 Å². The van der Waals surface area contributed by atoms with Crippen LogP contribution in [0.1, 0.15) is 51.9 Å². The van der Waals surface area contributed by atoms with E-state index in [9.17, 15) is 4.79 Å². The molecule has 1 amide bonds. The fraction of sp³-hybridized carbons (Fsp3) is 0.476. The summed E-state index contributed by atoms with van der Waals surface area (Å²) in [6.07, 6.45) is 7.66. The molecule has 0 aliphatic heterocycles. The number of anilines is 1. The number of para-hydroxylation sites is 1. The number of nitrogens with one attached hydrogen (secondary N) is 1. The second-order valence-electron chi connectivity index (χ2n) is 7.30. The highest BCUT2D eigenvalue weighted by Gasteiger charge is 2.23. The number of nitrogens with zero attached hydrogens (tertiary/aromatic N) is 3. The molecular formula is C21H26N4O. The number of rotatable bonds is 5. The Morgan fingerprint density at radius 2 is 2.04 bits per heavy atom. The Bertz CT molecular complexity index is 924. The van der Waals surface area contributed by atoms with Gasteiger partial charge in [-0.2, -0.15) is 5.10 Å². The summed E-state index contributed by atoms with van der Waals surface area (Å²) in [5.74, 6) is 0.887. The molecule has 1 saturated carbocycles. The van der Waals surface area contributed by atoms with Crippen molar-refractivity contribution in [1.82, 2.24) is 14.8 Å². The molecule has 0 atom stereocenters. The predicted octanol–water partition coefficient (Wildman–Crippen LogP) is 4.90. The van der Waals surface area contributed by atoms with E-state index >= 15 is 0 Å². The van der Waals surface area contributed by atoms with Gasteiger partial charge in [-0.1, -0.05) is 50.8 Å². The predicted molar refractivity (Wildman–Crippen MR) is 105 cm³/mol. The van der Waals surface area contributed by atoms with Crippen LogP contribution >= 0.6 is 0 Å². The van der Waals surface area contributed by atoms with Crippen LogP contribution in [0.3, 0.4) is 0 Å². The Balaban J connectivity index is 1.72. The van der Waals surface area contributed by atoms with Crippen LogP contribution in [0.2, 0.25) is 0 Å². The number of carbonyl (C=O) groups excluding carboxylic acids is 1. The van der Waals surface area contributed by atoms with E-state index in [0.717, 1.165) is 67.0 Å². The Labute approximate surface area is 153 Å². The maximum Gasteiger partial charge on any atom is 0.228 e. The van der Waals surface area contributed by atoms with Crippen LogP contribution in [0.15, 0.2) is 30.3 Å². The molecule has 0 bridgehead atoms. The highest BCUT2D eigenvalue weighted by molar-refractivity contribution is 6.03. The minimum Gasteiger partial charge on any atom is -0.308 e. The van der Waals surface area contributed by atoms with Gasteiger partial charge in [0.2, 0.25) is 5.91 Å². The van der Waals surface area contributed by atoms with Crippen molar-refractivity contribution in [2.45, 2.75) is 58.4 Å². The summed E-state index contributed by atoms with van der Waals surface area (Å²) in [5, 5.41) is 9.82.